The molecule has 2 aromatic carbocycles. The summed E-state index contributed by atoms with van der Waals surface area (Å²) >= 11 is 12.6. The molecule has 1 aromatic heterocycles. The van der Waals surface area contributed by atoms with Gasteiger partial charge in [0.2, 0.25) is 0 Å². The van der Waals surface area contributed by atoms with Gasteiger partial charge in [-0.05, 0) is 119 Å². The van der Waals surface area contributed by atoms with Gasteiger partial charge in [-0.25, -0.2) is 0 Å². The minimum absolute atomic E-state index is 0.0482. The van der Waals surface area contributed by atoms with Crippen molar-refractivity contribution >= 4 is 45.9 Å². The van der Waals surface area contributed by atoms with E-state index in [2.05, 4.69) is 0 Å². The van der Waals surface area contributed by atoms with Crippen LogP contribution < -0.4 is 0 Å². The Morgan fingerprint density at radius 3 is 1.18 bits per heavy atom. The molecule has 0 saturated carbocycles. The van der Waals surface area contributed by atoms with Gasteiger partial charge in [0.15, 0.2) is 11.6 Å². The monoisotopic (exact) mass is 636 g/mol. The molecule has 3 aromatic rings. The maximum atomic E-state index is 13.2. The van der Waals surface area contributed by atoms with Crippen LogP contribution in [0.1, 0.15) is 78.0 Å². The molecular weight excluding hydrogens is 599 g/mol. The highest BCUT2D eigenvalue weighted by Crippen LogP contribution is 2.41. The molecule has 0 atom stereocenters. The third-order valence-electron chi connectivity index (χ3n) is 8.11. The summed E-state index contributed by atoms with van der Waals surface area (Å²) in [5, 5.41) is 1.26. The van der Waals surface area contributed by atoms with Crippen molar-refractivity contribution in [1.29, 1.82) is 0 Å². The van der Waals surface area contributed by atoms with Gasteiger partial charge in [-0.15, -0.1) is 0 Å². The third-order valence-corrected chi connectivity index (χ3v) is 8.61. The van der Waals surface area contributed by atoms with Crippen LogP contribution in [0.4, 0.5) is 0 Å². The highest BCUT2D eigenvalue weighted by atomic mass is 35.5. The van der Waals surface area contributed by atoms with E-state index >= 15 is 0 Å². The zero-order valence-corrected chi connectivity index (χ0v) is 28.6. The van der Waals surface area contributed by atoms with Gasteiger partial charge in [0.25, 0.3) is 0 Å². The van der Waals surface area contributed by atoms with E-state index in [0.717, 1.165) is 44.6 Å². The van der Waals surface area contributed by atoms with Gasteiger partial charge in [0, 0.05) is 32.3 Å². The smallest absolute Gasteiger partial charge is 0.185 e. The Hall–Kier alpha value is -3.92. The molecule has 1 heterocycles. The SMILES string of the molecule is CC1=C/C(=C(\c2ccc(Cl)cc2)c2ccc(/C(=C3/C=C(C)C(=O)C(C(C)(C)C)=C3)c3ccc(Cl)cc3)o2)C=C(C(C)(C)C)C1=O. The van der Waals surface area contributed by atoms with Crippen molar-refractivity contribution in [3.63, 3.8) is 0 Å². The van der Waals surface area contributed by atoms with Crippen LogP contribution in [-0.2, 0) is 9.59 Å². The zero-order chi connectivity index (χ0) is 32.8. The van der Waals surface area contributed by atoms with Crippen LogP contribution in [-0.4, -0.2) is 11.6 Å². The van der Waals surface area contributed by atoms with Crippen molar-refractivity contribution in [2.24, 2.45) is 10.8 Å². The molecule has 2 aliphatic rings. The Labute approximate surface area is 276 Å². The molecule has 5 heteroatoms. The Morgan fingerprint density at radius 2 is 0.867 bits per heavy atom. The molecule has 0 bridgehead atoms. The van der Waals surface area contributed by atoms with Gasteiger partial charge >= 0.3 is 0 Å². The quantitative estimate of drug-likeness (QED) is 0.286. The number of allylic oxidation sites excluding steroid dienone is 10. The van der Waals surface area contributed by atoms with Crippen molar-refractivity contribution in [3.05, 3.63) is 151 Å². The van der Waals surface area contributed by atoms with E-state index < -0.39 is 0 Å². The number of carbonyl (C=O) groups excluding carboxylic acids is 2. The fourth-order valence-corrected chi connectivity index (χ4v) is 5.94. The number of furan rings is 1. The molecule has 2 aliphatic carbocycles. The first-order valence-corrected chi connectivity index (χ1v) is 15.8. The Morgan fingerprint density at radius 1 is 0.533 bits per heavy atom. The van der Waals surface area contributed by atoms with Crippen LogP contribution in [0, 0.1) is 10.8 Å². The topological polar surface area (TPSA) is 47.3 Å². The van der Waals surface area contributed by atoms with E-state index in [9.17, 15) is 9.59 Å². The number of hydrogen-bond donors (Lipinski definition) is 0. The number of Topliss-reactive ketones (excluding diaryl/α,β-unsaturated/α-hetero) is 2. The van der Waals surface area contributed by atoms with E-state index in [4.69, 9.17) is 27.6 Å². The molecule has 0 aliphatic heterocycles. The van der Waals surface area contributed by atoms with E-state index in [1.54, 1.807) is 0 Å². The summed E-state index contributed by atoms with van der Waals surface area (Å²) in [5.74, 6) is 1.38. The van der Waals surface area contributed by atoms with Crippen LogP contribution in [0.2, 0.25) is 10.0 Å². The van der Waals surface area contributed by atoms with Gasteiger partial charge in [0.05, 0.1) is 0 Å². The molecule has 45 heavy (non-hydrogen) atoms. The summed E-state index contributed by atoms with van der Waals surface area (Å²) in [6, 6.07) is 19.2. The maximum absolute atomic E-state index is 13.2. The summed E-state index contributed by atoms with van der Waals surface area (Å²) < 4.78 is 6.78. The third kappa shape index (κ3) is 6.71. The molecule has 230 valence electrons. The summed E-state index contributed by atoms with van der Waals surface area (Å²) in [5.41, 5.74) is 7.43. The minimum atomic E-state index is -0.344. The van der Waals surface area contributed by atoms with Crippen LogP contribution in [0.15, 0.2) is 123 Å². The second kappa shape index (κ2) is 12.1. The largest absolute Gasteiger partial charge is 0.456 e. The van der Waals surface area contributed by atoms with E-state index in [1.807, 2.05) is 140 Å². The first-order valence-electron chi connectivity index (χ1n) is 15.1. The number of halogens is 2. The van der Waals surface area contributed by atoms with Crippen LogP contribution >= 0.6 is 23.2 Å². The average Bonchev–Trinajstić information content (AvgIpc) is 3.42. The standard InChI is InChI=1S/C40H38Cl2O3/c1-23-19-27(21-31(37(23)43)39(3,4)5)35(25-9-13-29(41)14-10-25)33-17-18-34(45-33)36(26-11-15-30(42)16-12-26)28-20-24(2)38(44)32(22-28)40(6,7)8/h9-22H,1-8H3/b35-27-,36-28-. The first-order chi connectivity index (χ1) is 21.0. The second-order valence-corrected chi connectivity index (χ2v) is 14.6. The predicted octanol–water partition coefficient (Wildman–Crippen LogP) is 11.2. The second-order valence-electron chi connectivity index (χ2n) is 13.8. The highest BCUT2D eigenvalue weighted by molar-refractivity contribution is 6.31. The minimum Gasteiger partial charge on any atom is -0.456 e. The van der Waals surface area contributed by atoms with Gasteiger partial charge in [-0.3, -0.25) is 9.59 Å². The van der Waals surface area contributed by atoms with E-state index in [1.165, 1.54) is 0 Å². The van der Waals surface area contributed by atoms with Crippen LogP contribution in [0.3, 0.4) is 0 Å². The fourth-order valence-electron chi connectivity index (χ4n) is 5.69. The lowest BCUT2D eigenvalue weighted by molar-refractivity contribution is -0.113. The van der Waals surface area contributed by atoms with Gasteiger partial charge < -0.3 is 4.42 Å². The van der Waals surface area contributed by atoms with Crippen molar-refractivity contribution in [2.75, 3.05) is 0 Å². The van der Waals surface area contributed by atoms with Gasteiger partial charge in [0.1, 0.15) is 11.5 Å². The molecule has 0 unspecified atom stereocenters. The van der Waals surface area contributed by atoms with Crippen LogP contribution in [0.25, 0.3) is 11.1 Å². The lowest BCUT2D eigenvalue weighted by Gasteiger charge is -2.26. The summed E-state index contributed by atoms with van der Waals surface area (Å²) in [7, 11) is 0. The van der Waals surface area contributed by atoms with Crippen LogP contribution in [0.5, 0.6) is 0 Å². The normalized spacial score (nSPS) is 18.3. The number of ketones is 2. The number of hydrogen-bond acceptors (Lipinski definition) is 3. The molecular formula is C40H38Cl2O3. The van der Waals surface area contributed by atoms with Crippen molar-refractivity contribution in [1.82, 2.24) is 0 Å². The highest BCUT2D eigenvalue weighted by Gasteiger charge is 2.31. The molecule has 0 saturated heterocycles. The fraction of sp³-hybridized carbons (Fsp3) is 0.250. The Kier molecular flexibility index (Phi) is 8.74. The van der Waals surface area contributed by atoms with Gasteiger partial charge in [-0.2, -0.15) is 0 Å². The van der Waals surface area contributed by atoms with Crippen molar-refractivity contribution < 1.29 is 14.0 Å². The van der Waals surface area contributed by atoms with Crippen molar-refractivity contribution in [2.45, 2.75) is 55.4 Å². The van der Waals surface area contributed by atoms with Crippen molar-refractivity contribution in [3.8, 4) is 0 Å². The molecule has 0 N–H and O–H groups in total. The molecule has 3 nitrogen and oxygen atoms in total. The number of benzene rings is 2. The first kappa shape index (κ1) is 32.5. The number of rotatable bonds is 4. The lowest BCUT2D eigenvalue weighted by Crippen LogP contribution is -2.21. The van der Waals surface area contributed by atoms with Gasteiger partial charge in [-0.1, -0.05) is 89.0 Å². The summed E-state index contributed by atoms with van der Waals surface area (Å²) in [6.07, 6.45) is 7.83. The van der Waals surface area contributed by atoms with E-state index in [-0.39, 0.29) is 22.4 Å². The van der Waals surface area contributed by atoms with E-state index in [0.29, 0.717) is 32.7 Å². The lowest BCUT2D eigenvalue weighted by atomic mass is 9.77. The summed E-state index contributed by atoms with van der Waals surface area (Å²) in [6.45, 7) is 16.0. The maximum Gasteiger partial charge on any atom is 0.185 e. The molecule has 0 spiro atoms. The molecule has 0 amide bonds. The Balaban J connectivity index is 1.80. The Bertz CT molecular complexity index is 1750. The molecule has 0 fully saturated rings. The zero-order valence-electron chi connectivity index (χ0n) is 27.1. The number of carbonyl (C=O) groups is 2. The summed E-state index contributed by atoms with van der Waals surface area (Å²) in [4.78, 5) is 26.4. The predicted molar refractivity (Wildman–Crippen MR) is 186 cm³/mol. The molecule has 5 rings (SSSR count). The molecule has 0 radical (unpaired) electrons. The average molecular weight is 638 g/mol.